The molecule has 0 spiro atoms. The molecule has 0 radical (unpaired) electrons. The fourth-order valence-corrected chi connectivity index (χ4v) is 5.05. The van der Waals surface area contributed by atoms with Crippen molar-refractivity contribution >= 4 is 29.1 Å². The first-order chi connectivity index (χ1) is 16.8. The zero-order valence-electron chi connectivity index (χ0n) is 20.4. The summed E-state index contributed by atoms with van der Waals surface area (Å²) < 4.78 is 5.59. The molecule has 35 heavy (non-hydrogen) atoms. The molecule has 0 unspecified atom stereocenters. The van der Waals surface area contributed by atoms with Crippen molar-refractivity contribution in [2.45, 2.75) is 52.3 Å². The van der Waals surface area contributed by atoms with Crippen LogP contribution in [-0.4, -0.2) is 60.0 Å². The van der Waals surface area contributed by atoms with Gasteiger partial charge in [-0.15, -0.1) is 0 Å². The maximum absolute atomic E-state index is 12.9. The van der Waals surface area contributed by atoms with E-state index in [9.17, 15) is 14.9 Å². The van der Waals surface area contributed by atoms with Gasteiger partial charge in [0.1, 0.15) is 6.10 Å². The zero-order valence-corrected chi connectivity index (χ0v) is 21.2. The van der Waals surface area contributed by atoms with Crippen LogP contribution >= 0.6 is 11.6 Å². The summed E-state index contributed by atoms with van der Waals surface area (Å²) in [5, 5.41) is 12.8. The van der Waals surface area contributed by atoms with Gasteiger partial charge in [0.05, 0.1) is 11.6 Å². The number of amides is 2. The average Bonchev–Trinajstić information content (AvgIpc) is 3.37. The van der Waals surface area contributed by atoms with Crippen LogP contribution in [0.1, 0.15) is 52.4 Å². The van der Waals surface area contributed by atoms with Gasteiger partial charge in [-0.25, -0.2) is 0 Å². The molecule has 4 rings (SSSR count). The second kappa shape index (κ2) is 10.8. The molecule has 2 aromatic carbocycles. The number of nitrogens with one attached hydrogen (secondary N) is 1. The number of aryl methyl sites for hydroxylation is 1. The van der Waals surface area contributed by atoms with E-state index in [4.69, 9.17) is 16.3 Å². The van der Waals surface area contributed by atoms with Crippen molar-refractivity contribution in [1.82, 2.24) is 9.80 Å². The monoisotopic (exact) mass is 494 g/mol. The summed E-state index contributed by atoms with van der Waals surface area (Å²) in [7, 11) is 0. The molecule has 2 fully saturated rings. The van der Waals surface area contributed by atoms with Crippen LogP contribution in [0.4, 0.5) is 5.69 Å². The van der Waals surface area contributed by atoms with E-state index < -0.39 is 0 Å². The number of ether oxygens (including phenoxy) is 1. The van der Waals surface area contributed by atoms with Crippen LogP contribution in [0.25, 0.3) is 0 Å². The van der Waals surface area contributed by atoms with E-state index in [1.165, 1.54) is 0 Å². The van der Waals surface area contributed by atoms with Crippen LogP contribution in [0.2, 0.25) is 5.02 Å². The smallest absolute Gasteiger partial charge is 0.255 e. The molecule has 2 atom stereocenters. The normalized spacial score (nSPS) is 20.5. The third-order valence-corrected chi connectivity index (χ3v) is 7.16. The van der Waals surface area contributed by atoms with E-state index in [0.717, 1.165) is 42.6 Å². The first-order valence-electron chi connectivity index (χ1n) is 12.0. The van der Waals surface area contributed by atoms with E-state index in [0.29, 0.717) is 41.5 Å². The predicted octanol–water partition coefficient (Wildman–Crippen LogP) is 4.29. The molecule has 2 aliphatic rings. The van der Waals surface area contributed by atoms with Gasteiger partial charge in [-0.3, -0.25) is 14.5 Å². The van der Waals surface area contributed by atoms with Crippen LogP contribution in [0.3, 0.4) is 0 Å². The maximum atomic E-state index is 12.9. The van der Waals surface area contributed by atoms with Crippen LogP contribution in [0, 0.1) is 25.2 Å². The highest BCUT2D eigenvalue weighted by molar-refractivity contribution is 6.31. The second-order valence-corrected chi connectivity index (χ2v) is 9.89. The SMILES string of the molecule is Cc1ccc(C(=O)Nc2cc(Cl)cc(CN3CCN(C(=O)[C@H]4CCCO4)[C@@H](C)C3)c2C)cc1C#N. The van der Waals surface area contributed by atoms with E-state index in [-0.39, 0.29) is 24.0 Å². The Kier molecular flexibility index (Phi) is 7.75. The largest absolute Gasteiger partial charge is 0.368 e. The zero-order chi connectivity index (χ0) is 25.1. The van der Waals surface area contributed by atoms with Crippen molar-refractivity contribution in [1.29, 1.82) is 5.26 Å². The van der Waals surface area contributed by atoms with Crippen LogP contribution in [-0.2, 0) is 16.1 Å². The lowest BCUT2D eigenvalue weighted by atomic mass is 10.0. The molecule has 0 bridgehead atoms. The molecule has 8 heteroatoms. The van der Waals surface area contributed by atoms with Crippen molar-refractivity contribution < 1.29 is 14.3 Å². The molecule has 2 saturated heterocycles. The van der Waals surface area contributed by atoms with E-state index in [2.05, 4.69) is 23.2 Å². The Morgan fingerprint density at radius 3 is 2.71 bits per heavy atom. The number of carbonyl (C=O) groups is 2. The van der Waals surface area contributed by atoms with Gasteiger partial charge in [0, 0.05) is 55.1 Å². The standard InChI is InChI=1S/C27H31ClN4O3/c1-17-6-7-20(11-21(17)14-29)26(33)30-24-13-23(28)12-22(19(24)3)16-31-8-9-32(18(2)15-31)27(34)25-5-4-10-35-25/h6-7,11-13,18,25H,4-5,8-10,15-16H2,1-3H3,(H,30,33)/t18-,25+/m0/s1. The maximum Gasteiger partial charge on any atom is 0.255 e. The van der Waals surface area contributed by atoms with Crippen LogP contribution in [0.5, 0.6) is 0 Å². The number of hydrogen-bond donors (Lipinski definition) is 1. The Bertz CT molecular complexity index is 1170. The topological polar surface area (TPSA) is 85.7 Å². The molecular formula is C27H31ClN4O3. The summed E-state index contributed by atoms with van der Waals surface area (Å²) in [6.07, 6.45) is 1.46. The van der Waals surface area contributed by atoms with Crippen molar-refractivity contribution in [3.8, 4) is 6.07 Å². The van der Waals surface area contributed by atoms with Gasteiger partial charge < -0.3 is 15.0 Å². The van der Waals surface area contributed by atoms with Gasteiger partial charge in [0.25, 0.3) is 11.8 Å². The molecule has 0 aromatic heterocycles. The molecule has 0 aliphatic carbocycles. The minimum Gasteiger partial charge on any atom is -0.368 e. The molecule has 1 N–H and O–H groups in total. The Morgan fingerprint density at radius 2 is 2.03 bits per heavy atom. The van der Waals surface area contributed by atoms with Gasteiger partial charge in [-0.2, -0.15) is 5.26 Å². The van der Waals surface area contributed by atoms with Gasteiger partial charge in [0.15, 0.2) is 0 Å². The fourth-order valence-electron chi connectivity index (χ4n) is 4.81. The number of nitrogens with zero attached hydrogens (tertiary/aromatic N) is 3. The third kappa shape index (κ3) is 5.67. The predicted molar refractivity (Wildman–Crippen MR) is 135 cm³/mol. The van der Waals surface area contributed by atoms with Gasteiger partial charge in [0.2, 0.25) is 0 Å². The first-order valence-corrected chi connectivity index (χ1v) is 12.4. The number of piperazine rings is 1. The molecule has 2 heterocycles. The number of nitriles is 1. The number of benzene rings is 2. The van der Waals surface area contributed by atoms with Gasteiger partial charge >= 0.3 is 0 Å². The lowest BCUT2D eigenvalue weighted by molar-refractivity contribution is -0.145. The summed E-state index contributed by atoms with van der Waals surface area (Å²) in [5.41, 5.74) is 4.36. The van der Waals surface area contributed by atoms with E-state index in [1.807, 2.05) is 24.8 Å². The van der Waals surface area contributed by atoms with Crippen LogP contribution < -0.4 is 5.32 Å². The quantitative estimate of drug-likeness (QED) is 0.670. The van der Waals surface area contributed by atoms with Crippen molar-refractivity contribution in [3.63, 3.8) is 0 Å². The lowest BCUT2D eigenvalue weighted by Gasteiger charge is -2.41. The number of hydrogen-bond acceptors (Lipinski definition) is 5. The van der Waals surface area contributed by atoms with E-state index in [1.54, 1.807) is 24.3 Å². The summed E-state index contributed by atoms with van der Waals surface area (Å²) in [4.78, 5) is 30.0. The molecule has 7 nitrogen and oxygen atoms in total. The fraction of sp³-hybridized carbons (Fsp3) is 0.444. The number of carbonyl (C=O) groups excluding carboxylic acids is 2. The number of anilines is 1. The summed E-state index contributed by atoms with van der Waals surface area (Å²) in [5.74, 6) is -0.179. The van der Waals surface area contributed by atoms with Gasteiger partial charge in [-0.1, -0.05) is 17.7 Å². The summed E-state index contributed by atoms with van der Waals surface area (Å²) in [6.45, 7) is 9.41. The average molecular weight is 495 g/mol. The highest BCUT2D eigenvalue weighted by atomic mass is 35.5. The lowest BCUT2D eigenvalue weighted by Crippen LogP contribution is -2.55. The Hall–Kier alpha value is -2.92. The number of rotatable bonds is 5. The molecular weight excluding hydrogens is 464 g/mol. The summed E-state index contributed by atoms with van der Waals surface area (Å²) >= 11 is 6.42. The van der Waals surface area contributed by atoms with Crippen molar-refractivity contribution in [2.75, 3.05) is 31.6 Å². The molecule has 2 aromatic rings. The van der Waals surface area contributed by atoms with Crippen LogP contribution in [0.15, 0.2) is 30.3 Å². The second-order valence-electron chi connectivity index (χ2n) is 9.45. The molecule has 184 valence electrons. The minimum absolute atomic E-state index is 0.0926. The molecule has 0 saturated carbocycles. The van der Waals surface area contributed by atoms with Gasteiger partial charge in [-0.05, 0) is 74.6 Å². The Balaban J connectivity index is 1.44. The number of halogens is 1. The highest BCUT2D eigenvalue weighted by Crippen LogP contribution is 2.28. The summed E-state index contributed by atoms with van der Waals surface area (Å²) in [6, 6.07) is 11.0. The van der Waals surface area contributed by atoms with Crippen molar-refractivity contribution in [2.24, 2.45) is 0 Å². The minimum atomic E-state index is -0.289. The Labute approximate surface area is 211 Å². The molecule has 2 aliphatic heterocycles. The first kappa shape index (κ1) is 25.2. The highest BCUT2D eigenvalue weighted by Gasteiger charge is 2.34. The van der Waals surface area contributed by atoms with Crippen molar-refractivity contribution in [3.05, 3.63) is 63.2 Å². The Morgan fingerprint density at radius 1 is 1.23 bits per heavy atom. The van der Waals surface area contributed by atoms with E-state index >= 15 is 0 Å². The third-order valence-electron chi connectivity index (χ3n) is 6.94. The molecule has 2 amide bonds.